The highest BCUT2D eigenvalue weighted by molar-refractivity contribution is 5.61. The van der Waals surface area contributed by atoms with Gasteiger partial charge in [0.15, 0.2) is 11.6 Å². The van der Waals surface area contributed by atoms with E-state index in [1.165, 1.54) is 13.2 Å². The molecule has 0 radical (unpaired) electrons. The molecule has 0 saturated carbocycles. The number of aromatic nitrogens is 2. The Morgan fingerprint density at radius 2 is 2.14 bits per heavy atom. The van der Waals surface area contributed by atoms with Crippen LogP contribution in [0.25, 0.3) is 0 Å². The van der Waals surface area contributed by atoms with Crippen LogP contribution in [0.5, 0.6) is 5.75 Å². The van der Waals surface area contributed by atoms with Crippen molar-refractivity contribution in [3.8, 4) is 5.75 Å². The molecule has 0 fully saturated rings. The Morgan fingerprint density at radius 3 is 2.81 bits per heavy atom. The van der Waals surface area contributed by atoms with Crippen molar-refractivity contribution in [3.05, 3.63) is 35.8 Å². The molecule has 0 atom stereocenters. The molecule has 6 heteroatoms. The molecular formula is C15H19FN4O. The summed E-state index contributed by atoms with van der Waals surface area (Å²) >= 11 is 0. The zero-order chi connectivity index (χ0) is 15.2. The molecule has 2 aromatic rings. The highest BCUT2D eigenvalue weighted by Crippen LogP contribution is 2.24. The Kier molecular flexibility index (Phi) is 4.92. The number of benzene rings is 1. The second kappa shape index (κ2) is 6.88. The van der Waals surface area contributed by atoms with Gasteiger partial charge in [0, 0.05) is 30.1 Å². The quantitative estimate of drug-likeness (QED) is 0.852. The third-order valence-electron chi connectivity index (χ3n) is 2.92. The summed E-state index contributed by atoms with van der Waals surface area (Å²) < 4.78 is 18.6. The second-order valence-corrected chi connectivity index (χ2v) is 4.63. The number of methoxy groups -OCH3 is 1. The largest absolute Gasteiger partial charge is 0.494 e. The van der Waals surface area contributed by atoms with E-state index in [1.54, 1.807) is 18.3 Å². The minimum Gasteiger partial charge on any atom is -0.494 e. The first-order valence-electron chi connectivity index (χ1n) is 6.82. The molecule has 5 nitrogen and oxygen atoms in total. The summed E-state index contributed by atoms with van der Waals surface area (Å²) in [4.78, 5) is 8.60. The van der Waals surface area contributed by atoms with Gasteiger partial charge in [-0.25, -0.2) is 9.37 Å². The predicted molar refractivity (Wildman–Crippen MR) is 81.8 cm³/mol. The fraction of sp³-hybridized carbons (Fsp3) is 0.333. The van der Waals surface area contributed by atoms with Gasteiger partial charge in [0.05, 0.1) is 7.11 Å². The third kappa shape index (κ3) is 3.81. The van der Waals surface area contributed by atoms with E-state index in [9.17, 15) is 4.39 Å². The zero-order valence-corrected chi connectivity index (χ0v) is 12.4. The Labute approximate surface area is 123 Å². The number of anilines is 3. The summed E-state index contributed by atoms with van der Waals surface area (Å²) in [6.45, 7) is 4.77. The van der Waals surface area contributed by atoms with Gasteiger partial charge in [0.25, 0.3) is 0 Å². The van der Waals surface area contributed by atoms with Crippen LogP contribution < -0.4 is 15.4 Å². The lowest BCUT2D eigenvalue weighted by Gasteiger charge is -2.11. The number of aryl methyl sites for hydroxylation is 1. The second-order valence-electron chi connectivity index (χ2n) is 4.63. The molecule has 0 aliphatic carbocycles. The molecular weight excluding hydrogens is 271 g/mol. The molecule has 0 unspecified atom stereocenters. The van der Waals surface area contributed by atoms with E-state index in [0.717, 1.165) is 18.5 Å². The van der Waals surface area contributed by atoms with Crippen LogP contribution in [0.2, 0.25) is 0 Å². The Hall–Kier alpha value is -2.37. The lowest BCUT2D eigenvalue weighted by molar-refractivity contribution is 0.386. The van der Waals surface area contributed by atoms with E-state index in [4.69, 9.17) is 4.74 Å². The van der Waals surface area contributed by atoms with Crippen molar-refractivity contribution in [2.75, 3.05) is 24.3 Å². The summed E-state index contributed by atoms with van der Waals surface area (Å²) in [5.41, 5.74) is 1.49. The maximum absolute atomic E-state index is 13.7. The van der Waals surface area contributed by atoms with Crippen molar-refractivity contribution in [1.82, 2.24) is 9.97 Å². The van der Waals surface area contributed by atoms with E-state index < -0.39 is 5.82 Å². The van der Waals surface area contributed by atoms with E-state index >= 15 is 0 Å². The van der Waals surface area contributed by atoms with Crippen LogP contribution in [0.4, 0.5) is 21.8 Å². The van der Waals surface area contributed by atoms with Gasteiger partial charge in [-0.15, -0.1) is 0 Å². The first-order chi connectivity index (χ1) is 10.1. The molecule has 0 amide bonds. The summed E-state index contributed by atoms with van der Waals surface area (Å²) in [7, 11) is 1.44. The van der Waals surface area contributed by atoms with E-state index in [1.807, 2.05) is 6.92 Å². The SMILES string of the molecule is CCCNc1ncc(C)c(Nc2ccc(OC)c(F)c2)n1. The summed E-state index contributed by atoms with van der Waals surface area (Å²) in [5, 5.41) is 6.22. The minimum atomic E-state index is -0.418. The van der Waals surface area contributed by atoms with E-state index in [-0.39, 0.29) is 5.75 Å². The number of ether oxygens (including phenoxy) is 1. The average molecular weight is 290 g/mol. The van der Waals surface area contributed by atoms with Crippen LogP contribution in [0, 0.1) is 12.7 Å². The topological polar surface area (TPSA) is 59.1 Å². The van der Waals surface area contributed by atoms with Crippen LogP contribution in [0.15, 0.2) is 24.4 Å². The summed E-state index contributed by atoms with van der Waals surface area (Å²) in [5.74, 6) is 0.996. The van der Waals surface area contributed by atoms with Gasteiger partial charge in [0.1, 0.15) is 5.82 Å². The zero-order valence-electron chi connectivity index (χ0n) is 12.4. The van der Waals surface area contributed by atoms with Crippen LogP contribution >= 0.6 is 0 Å². The van der Waals surface area contributed by atoms with Gasteiger partial charge >= 0.3 is 0 Å². The fourth-order valence-corrected chi connectivity index (χ4v) is 1.77. The monoisotopic (exact) mass is 290 g/mol. The highest BCUT2D eigenvalue weighted by Gasteiger charge is 2.07. The van der Waals surface area contributed by atoms with Gasteiger partial charge < -0.3 is 15.4 Å². The fourth-order valence-electron chi connectivity index (χ4n) is 1.77. The maximum Gasteiger partial charge on any atom is 0.224 e. The number of hydrogen-bond donors (Lipinski definition) is 2. The maximum atomic E-state index is 13.7. The van der Waals surface area contributed by atoms with Crippen molar-refractivity contribution in [2.45, 2.75) is 20.3 Å². The minimum absolute atomic E-state index is 0.213. The van der Waals surface area contributed by atoms with Crippen LogP contribution in [-0.2, 0) is 0 Å². The lowest BCUT2D eigenvalue weighted by Crippen LogP contribution is -2.07. The van der Waals surface area contributed by atoms with Gasteiger partial charge in [-0.2, -0.15) is 4.98 Å². The Morgan fingerprint density at radius 1 is 1.33 bits per heavy atom. The van der Waals surface area contributed by atoms with Crippen LogP contribution in [0.3, 0.4) is 0 Å². The Bertz CT molecular complexity index is 619. The third-order valence-corrected chi connectivity index (χ3v) is 2.92. The molecule has 112 valence electrons. The summed E-state index contributed by atoms with van der Waals surface area (Å²) in [6.07, 6.45) is 2.72. The first kappa shape index (κ1) is 15.0. The molecule has 2 rings (SSSR count). The molecule has 2 N–H and O–H groups in total. The van der Waals surface area contributed by atoms with Crippen molar-refractivity contribution < 1.29 is 9.13 Å². The van der Waals surface area contributed by atoms with Crippen molar-refractivity contribution in [3.63, 3.8) is 0 Å². The van der Waals surface area contributed by atoms with Crippen molar-refractivity contribution >= 4 is 17.5 Å². The van der Waals surface area contributed by atoms with Crippen molar-refractivity contribution in [1.29, 1.82) is 0 Å². The van der Waals surface area contributed by atoms with Crippen LogP contribution in [0.1, 0.15) is 18.9 Å². The smallest absolute Gasteiger partial charge is 0.224 e. The standard InChI is InChI=1S/C15H19FN4O/c1-4-7-17-15-18-9-10(2)14(20-15)19-11-5-6-13(21-3)12(16)8-11/h5-6,8-9H,4,7H2,1-3H3,(H2,17,18,19,20). The molecule has 1 aromatic carbocycles. The molecule has 0 spiro atoms. The van der Waals surface area contributed by atoms with Gasteiger partial charge in [0.2, 0.25) is 5.95 Å². The number of nitrogens with zero attached hydrogens (tertiary/aromatic N) is 2. The normalized spacial score (nSPS) is 10.3. The highest BCUT2D eigenvalue weighted by atomic mass is 19.1. The summed E-state index contributed by atoms with van der Waals surface area (Å²) in [6, 6.07) is 4.69. The molecule has 0 aliphatic rings. The molecule has 1 heterocycles. The van der Waals surface area contributed by atoms with E-state index in [0.29, 0.717) is 17.5 Å². The van der Waals surface area contributed by atoms with E-state index in [2.05, 4.69) is 27.5 Å². The molecule has 1 aromatic heterocycles. The number of nitrogens with one attached hydrogen (secondary N) is 2. The lowest BCUT2D eigenvalue weighted by atomic mass is 10.2. The molecule has 0 aliphatic heterocycles. The first-order valence-corrected chi connectivity index (χ1v) is 6.82. The Balaban J connectivity index is 2.20. The molecule has 0 bridgehead atoms. The van der Waals surface area contributed by atoms with Gasteiger partial charge in [-0.3, -0.25) is 0 Å². The molecule has 21 heavy (non-hydrogen) atoms. The number of rotatable bonds is 6. The van der Waals surface area contributed by atoms with Crippen LogP contribution in [-0.4, -0.2) is 23.6 Å². The number of halogens is 1. The number of hydrogen-bond acceptors (Lipinski definition) is 5. The predicted octanol–water partition coefficient (Wildman–Crippen LogP) is 3.50. The molecule has 0 saturated heterocycles. The van der Waals surface area contributed by atoms with Gasteiger partial charge in [-0.1, -0.05) is 6.92 Å². The van der Waals surface area contributed by atoms with Gasteiger partial charge in [-0.05, 0) is 25.5 Å². The van der Waals surface area contributed by atoms with Crippen molar-refractivity contribution in [2.24, 2.45) is 0 Å². The average Bonchev–Trinajstić information content (AvgIpc) is 2.48.